The maximum absolute atomic E-state index is 12.1. The molecule has 8 rings (SSSR count). The van der Waals surface area contributed by atoms with Crippen molar-refractivity contribution < 1.29 is 86.6 Å². The second kappa shape index (κ2) is 57.9. The highest BCUT2D eigenvalue weighted by atomic mass is 16.6. The van der Waals surface area contributed by atoms with Crippen LogP contribution in [0.25, 0.3) is 0 Å². The molecule has 0 fully saturated rings. The number of nitrogens with one attached hydrogen (secondary N) is 2. The number of azo groups is 4. The van der Waals surface area contributed by atoms with Crippen molar-refractivity contribution in [1.82, 2.24) is 0 Å². The van der Waals surface area contributed by atoms with Gasteiger partial charge in [0, 0.05) is 144 Å². The number of nitro benzene ring substituents is 4. The Balaban J connectivity index is 0.000000327. The zero-order valence-corrected chi connectivity index (χ0v) is 76.9. The average molecular weight is 1890 g/mol. The lowest BCUT2D eigenvalue weighted by atomic mass is 10.1. The highest BCUT2D eigenvalue weighted by Crippen LogP contribution is 2.39. The zero-order chi connectivity index (χ0) is 102. The van der Waals surface area contributed by atoms with Crippen LogP contribution in [0.3, 0.4) is 0 Å². The number of unbranched alkanes of at least 4 members (excludes halogenated alkanes) is 1. The molecule has 716 valence electrons. The number of esters is 4. The quantitative estimate of drug-likeness (QED) is 0.0118. The summed E-state index contributed by atoms with van der Waals surface area (Å²) in [6.45, 7) is 19.4. The van der Waals surface area contributed by atoms with E-state index in [4.69, 9.17) is 24.2 Å². The van der Waals surface area contributed by atoms with Crippen LogP contribution in [0, 0.1) is 97.1 Å². The normalized spacial score (nSPS) is 10.5. The molecule has 0 spiro atoms. The topological polar surface area (TPSA) is 635 Å². The number of nitriles is 5. The minimum Gasteiger partial charge on any atom is -0.458 e. The molecular formula is C93H97N23O22. The Morgan fingerprint density at radius 1 is 0.333 bits per heavy atom. The fourth-order valence-electron chi connectivity index (χ4n) is 11.9. The third-order valence-electron chi connectivity index (χ3n) is 18.8. The summed E-state index contributed by atoms with van der Waals surface area (Å²) in [6, 6.07) is 46.9. The lowest BCUT2D eigenvalue weighted by molar-refractivity contribution is -0.385. The number of ketones is 4. The summed E-state index contributed by atoms with van der Waals surface area (Å²) in [7, 11) is 0. The van der Waals surface area contributed by atoms with Crippen LogP contribution in [0.2, 0.25) is 0 Å². The van der Waals surface area contributed by atoms with Crippen LogP contribution in [0.5, 0.6) is 0 Å². The van der Waals surface area contributed by atoms with Crippen molar-refractivity contribution in [2.24, 2.45) is 40.9 Å². The largest absolute Gasteiger partial charge is 0.458 e. The van der Waals surface area contributed by atoms with E-state index in [1.54, 1.807) is 91.9 Å². The van der Waals surface area contributed by atoms with Crippen molar-refractivity contribution >= 4 is 161 Å². The second-order valence-corrected chi connectivity index (χ2v) is 29.3. The summed E-state index contributed by atoms with van der Waals surface area (Å²) >= 11 is 0. The van der Waals surface area contributed by atoms with Gasteiger partial charge >= 0.3 is 23.9 Å². The van der Waals surface area contributed by atoms with Crippen LogP contribution in [0.4, 0.5) is 102 Å². The third-order valence-corrected chi connectivity index (χ3v) is 18.8. The van der Waals surface area contributed by atoms with E-state index >= 15 is 0 Å². The molecule has 0 saturated carbocycles. The third kappa shape index (κ3) is 38.0. The van der Waals surface area contributed by atoms with E-state index in [1.165, 1.54) is 71.0 Å². The summed E-state index contributed by atoms with van der Waals surface area (Å²) in [5.74, 6) is -3.46. The minimum absolute atomic E-state index is 0.00173. The summed E-state index contributed by atoms with van der Waals surface area (Å²) < 4.78 is 19.7. The number of nitrogens with zero attached hydrogens (tertiary/aromatic N) is 21. The van der Waals surface area contributed by atoms with Crippen LogP contribution < -0.4 is 30.2 Å². The van der Waals surface area contributed by atoms with Crippen LogP contribution >= 0.6 is 0 Å². The molecule has 0 atom stereocenters. The van der Waals surface area contributed by atoms with Gasteiger partial charge < -0.3 is 49.2 Å². The van der Waals surface area contributed by atoms with Gasteiger partial charge in [-0.15, -0.1) is 25.6 Å². The van der Waals surface area contributed by atoms with Gasteiger partial charge in [0.15, 0.2) is 23.1 Å². The first-order chi connectivity index (χ1) is 65.9. The molecule has 8 aromatic rings. The molecule has 45 nitrogen and oxygen atoms in total. The number of amides is 2. The monoisotopic (exact) mass is 1890 g/mol. The van der Waals surface area contributed by atoms with Gasteiger partial charge in [0.25, 0.3) is 22.7 Å². The number of benzene rings is 8. The van der Waals surface area contributed by atoms with Gasteiger partial charge in [0.2, 0.25) is 11.8 Å². The molecule has 138 heavy (non-hydrogen) atoms. The predicted octanol–water partition coefficient (Wildman–Crippen LogP) is 18.3. The number of hydrogen-bond donors (Lipinski definition) is 2. The Labute approximate surface area is 791 Å². The molecular weight excluding hydrogens is 1790 g/mol. The fraction of sp³-hybridized carbons (Fsp3) is 0.323. The molecule has 0 aliphatic carbocycles. The Bertz CT molecular complexity index is 6040. The van der Waals surface area contributed by atoms with E-state index < -0.39 is 54.9 Å². The highest BCUT2D eigenvalue weighted by Gasteiger charge is 2.23. The van der Waals surface area contributed by atoms with Crippen molar-refractivity contribution in [2.45, 2.75) is 121 Å². The standard InChI is InChI=1S/2C26H27N7O6.C21H21N5O5.C20H22N4O5/c1-4-5-9-32(10-8-25(36)39-16-17(2)34)21-6-7-23(24(13-21)29-18(3)35)30-31-26-19(14-27)11-22(33(37)38)12-20(26)15-28;1-4-9-32(10-8-25(36)39-16-22(35)5-2)20-6-7-23(24(13-20)29-17(3)34)30-31-26-18(14-27)11-21(33(37)38)12-19(26)15-28;1-3-25(11-10-21(28)31-14-15(2)27)18-6-4-17(5-7-18)23-24-20-9-8-19(26(29)30)12-16(20)13-22;1-3-23(13-12-20(26)29-14-15(2)25)18-8-4-16(5-9-18)21-22-17-6-10-19(11-7-17)24(27)28/h6-7,11-13H,4-5,8-10,16H2,1-3H3,(H,29,35);6-7,11-13H,4-5,8-10,16H2,1-3H3,(H,29,34);4-9,12H,3,10-11,14H2,1-2H3;4-11H,3,12-14H2,1-2H3. The van der Waals surface area contributed by atoms with Gasteiger partial charge in [-0.05, 0) is 151 Å². The van der Waals surface area contributed by atoms with E-state index in [9.17, 15) is 109 Å². The van der Waals surface area contributed by atoms with Crippen molar-refractivity contribution in [2.75, 3.05) is 109 Å². The molecule has 0 heterocycles. The Kier molecular flexibility index (Phi) is 46.4. The Morgan fingerprint density at radius 3 is 0.957 bits per heavy atom. The number of non-ortho nitro benzene ring substituents is 4. The summed E-state index contributed by atoms with van der Waals surface area (Å²) in [5.41, 5.74) is 3.91. The first kappa shape index (κ1) is 110. The first-order valence-corrected chi connectivity index (χ1v) is 42.5. The molecule has 45 heteroatoms. The van der Waals surface area contributed by atoms with E-state index in [1.807, 2.05) is 77.6 Å². The molecule has 8 aromatic carbocycles. The van der Waals surface area contributed by atoms with E-state index in [0.717, 1.165) is 61.0 Å². The number of anilines is 6. The molecule has 2 amide bonds. The minimum atomic E-state index is -0.720. The lowest BCUT2D eigenvalue weighted by Gasteiger charge is -2.25. The van der Waals surface area contributed by atoms with Crippen LogP contribution in [0.15, 0.2) is 193 Å². The number of carbonyl (C=O) groups excluding carboxylic acids is 10. The van der Waals surface area contributed by atoms with Gasteiger partial charge in [-0.2, -0.15) is 41.7 Å². The zero-order valence-electron chi connectivity index (χ0n) is 76.9. The number of carbonyl (C=O) groups is 10. The summed E-state index contributed by atoms with van der Waals surface area (Å²) in [4.78, 5) is 164. The van der Waals surface area contributed by atoms with Crippen LogP contribution in [-0.2, 0) is 66.9 Å². The molecule has 2 N–H and O–H groups in total. The van der Waals surface area contributed by atoms with Gasteiger partial charge in [0.05, 0.1) is 102 Å². The maximum Gasteiger partial charge on any atom is 0.308 e. The predicted molar refractivity (Wildman–Crippen MR) is 502 cm³/mol. The van der Waals surface area contributed by atoms with Crippen LogP contribution in [-0.4, -0.2) is 157 Å². The summed E-state index contributed by atoms with van der Waals surface area (Å²) in [5, 5.41) is 128. The SMILES string of the molecule is CCCCN(CCC(=O)OCC(C)=O)c1ccc(N=Nc2c(C#N)cc([N+](=O)[O-])cc2C#N)c(NC(C)=O)c1.CCCN(CCC(=O)OCC(=O)CC)c1ccc(N=Nc2c(C#N)cc([N+](=O)[O-])cc2C#N)c(NC(C)=O)c1.CCN(CCC(=O)OCC(C)=O)c1ccc(N=Nc2ccc([N+](=O)[O-])cc2)cc1.CCN(CCC(=O)OCC(C)=O)c1ccc(N=Nc2ccc([N+](=O)[O-])cc2C#N)cc1. The van der Waals surface area contributed by atoms with Crippen molar-refractivity contribution in [3.05, 3.63) is 220 Å². The first-order valence-electron chi connectivity index (χ1n) is 42.5. The van der Waals surface area contributed by atoms with Gasteiger partial charge in [-0.1, -0.05) is 27.2 Å². The van der Waals surface area contributed by atoms with Crippen molar-refractivity contribution in [1.29, 1.82) is 26.3 Å². The molecule has 0 unspecified atom stereocenters. The fourth-order valence-corrected chi connectivity index (χ4v) is 11.9. The van der Waals surface area contributed by atoms with Gasteiger partial charge in [-0.3, -0.25) is 88.4 Å². The van der Waals surface area contributed by atoms with E-state index in [2.05, 4.69) is 51.5 Å². The van der Waals surface area contributed by atoms with Crippen molar-refractivity contribution in [3.8, 4) is 30.3 Å². The molecule has 0 aliphatic heterocycles. The smallest absolute Gasteiger partial charge is 0.308 e. The highest BCUT2D eigenvalue weighted by molar-refractivity contribution is 5.94. The van der Waals surface area contributed by atoms with Crippen LogP contribution in [0.1, 0.15) is 148 Å². The molecule has 0 bridgehead atoms. The second-order valence-electron chi connectivity index (χ2n) is 29.3. The van der Waals surface area contributed by atoms with Crippen molar-refractivity contribution in [3.63, 3.8) is 0 Å². The lowest BCUT2D eigenvalue weighted by Crippen LogP contribution is -2.28. The van der Waals surface area contributed by atoms with Gasteiger partial charge in [0.1, 0.15) is 85.2 Å². The van der Waals surface area contributed by atoms with E-state index in [-0.39, 0.29) is 172 Å². The molecule has 0 saturated heterocycles. The average Bonchev–Trinajstić information content (AvgIpc) is 0.809. The van der Waals surface area contributed by atoms with Gasteiger partial charge in [-0.25, -0.2) is 0 Å². The maximum atomic E-state index is 12.1. The molecule has 0 radical (unpaired) electrons. The number of rotatable bonds is 46. The number of hydrogen-bond acceptors (Lipinski definition) is 39. The Hall–Kier alpha value is -18.1. The van der Waals surface area contributed by atoms with E-state index in [0.29, 0.717) is 80.8 Å². The molecule has 0 aliphatic rings. The summed E-state index contributed by atoms with van der Waals surface area (Å²) in [6.07, 6.45) is 3.19. The Morgan fingerprint density at radius 2 is 0.638 bits per heavy atom. The number of nitro groups is 4. The molecule has 0 aromatic heterocycles. The number of ether oxygens (including phenoxy) is 4. The number of Topliss-reactive ketones (excluding diaryl/α,β-unsaturated/α-hetero) is 4.